The highest BCUT2D eigenvalue weighted by Gasteiger charge is 2.17. The van der Waals surface area contributed by atoms with Gasteiger partial charge in [-0.3, -0.25) is 4.79 Å². The third-order valence-electron chi connectivity index (χ3n) is 3.55. The number of hydrogen-bond donors (Lipinski definition) is 2. The predicted molar refractivity (Wildman–Crippen MR) is 93.1 cm³/mol. The average molecular weight is 341 g/mol. The maximum atomic E-state index is 11.9. The van der Waals surface area contributed by atoms with Crippen molar-refractivity contribution in [2.45, 2.75) is 39.2 Å². The fraction of sp³-hybridized carbons (Fsp3) is 0.529. The van der Waals surface area contributed by atoms with Gasteiger partial charge in [-0.15, -0.1) is 12.4 Å². The molecule has 6 heteroatoms. The highest BCUT2D eigenvalue weighted by molar-refractivity contribution is 5.93. The molecule has 1 unspecified atom stereocenters. The lowest BCUT2D eigenvalue weighted by Crippen LogP contribution is -2.27. The van der Waals surface area contributed by atoms with E-state index in [9.17, 15) is 9.59 Å². The second-order valence-electron chi connectivity index (χ2n) is 6.12. The topological polar surface area (TPSA) is 67.4 Å². The second kappa shape index (κ2) is 9.53. The molecule has 1 fully saturated rings. The standard InChI is InChI=1S/C17H24N2O3.ClH/c1-12(2)11-22-17(21)13-5-7-14(8-6-13)19-16(20)10-15-4-3-9-18-15;/h5-8,12,15,18H,3-4,9-11H2,1-2H3,(H,19,20);1H. The first-order valence-electron chi connectivity index (χ1n) is 7.85. The Kier molecular flexibility index (Phi) is 8.06. The molecule has 1 amide bonds. The molecule has 5 nitrogen and oxygen atoms in total. The van der Waals surface area contributed by atoms with Crippen LogP contribution in [0.1, 0.15) is 43.5 Å². The fourth-order valence-corrected chi connectivity index (χ4v) is 2.38. The van der Waals surface area contributed by atoms with Gasteiger partial charge >= 0.3 is 5.97 Å². The van der Waals surface area contributed by atoms with Crippen LogP contribution in [-0.2, 0) is 9.53 Å². The molecule has 23 heavy (non-hydrogen) atoms. The van der Waals surface area contributed by atoms with E-state index in [1.807, 2.05) is 13.8 Å². The van der Waals surface area contributed by atoms with Gasteiger partial charge in [0.25, 0.3) is 0 Å². The van der Waals surface area contributed by atoms with Crippen molar-refractivity contribution < 1.29 is 14.3 Å². The van der Waals surface area contributed by atoms with Gasteiger partial charge in [-0.25, -0.2) is 4.79 Å². The summed E-state index contributed by atoms with van der Waals surface area (Å²) in [6.45, 7) is 5.38. The fourth-order valence-electron chi connectivity index (χ4n) is 2.38. The minimum atomic E-state index is -0.332. The van der Waals surface area contributed by atoms with Crippen LogP contribution in [0.3, 0.4) is 0 Å². The van der Waals surface area contributed by atoms with Gasteiger partial charge in [-0.2, -0.15) is 0 Å². The van der Waals surface area contributed by atoms with Crippen LogP contribution in [0.2, 0.25) is 0 Å². The molecule has 128 valence electrons. The lowest BCUT2D eigenvalue weighted by molar-refractivity contribution is -0.116. The normalized spacial score (nSPS) is 16.7. The highest BCUT2D eigenvalue weighted by atomic mass is 35.5. The van der Waals surface area contributed by atoms with Crippen LogP contribution in [0.4, 0.5) is 5.69 Å². The van der Waals surface area contributed by atoms with Crippen LogP contribution in [-0.4, -0.2) is 31.1 Å². The van der Waals surface area contributed by atoms with Gasteiger partial charge in [0.15, 0.2) is 0 Å². The number of hydrogen-bond acceptors (Lipinski definition) is 4. The van der Waals surface area contributed by atoms with Gasteiger partial charge in [0.05, 0.1) is 12.2 Å². The van der Waals surface area contributed by atoms with E-state index in [1.54, 1.807) is 24.3 Å². The van der Waals surface area contributed by atoms with Gasteiger partial charge in [0, 0.05) is 18.2 Å². The Bertz CT molecular complexity index is 511. The van der Waals surface area contributed by atoms with Crippen molar-refractivity contribution in [1.82, 2.24) is 5.32 Å². The monoisotopic (exact) mass is 340 g/mol. The Balaban J connectivity index is 0.00000264. The van der Waals surface area contributed by atoms with Gasteiger partial charge < -0.3 is 15.4 Å². The molecule has 2 N–H and O–H groups in total. The van der Waals surface area contributed by atoms with E-state index in [1.165, 1.54) is 0 Å². The van der Waals surface area contributed by atoms with Crippen LogP contribution in [0, 0.1) is 5.92 Å². The number of carbonyl (C=O) groups excluding carboxylic acids is 2. The number of amides is 1. The van der Waals surface area contributed by atoms with Crippen LogP contribution in [0.5, 0.6) is 0 Å². The van der Waals surface area contributed by atoms with E-state index in [2.05, 4.69) is 10.6 Å². The van der Waals surface area contributed by atoms with Crippen molar-refractivity contribution in [3.63, 3.8) is 0 Å². The summed E-state index contributed by atoms with van der Waals surface area (Å²) >= 11 is 0. The number of esters is 1. The smallest absolute Gasteiger partial charge is 0.338 e. The van der Waals surface area contributed by atoms with E-state index in [-0.39, 0.29) is 30.3 Å². The first-order valence-corrected chi connectivity index (χ1v) is 7.85. The Morgan fingerprint density at radius 1 is 1.30 bits per heavy atom. The van der Waals surface area contributed by atoms with Gasteiger partial charge in [-0.05, 0) is 49.6 Å². The SMILES string of the molecule is CC(C)COC(=O)c1ccc(NC(=O)CC2CCCN2)cc1.Cl. The van der Waals surface area contributed by atoms with Crippen LogP contribution < -0.4 is 10.6 Å². The summed E-state index contributed by atoms with van der Waals surface area (Å²) < 4.78 is 5.16. The molecule has 0 saturated carbocycles. The summed E-state index contributed by atoms with van der Waals surface area (Å²) in [5.74, 6) is -0.0250. The van der Waals surface area contributed by atoms with Crippen LogP contribution in [0.25, 0.3) is 0 Å². The first kappa shape index (κ1) is 19.5. The molecule has 1 atom stereocenters. The van der Waals surface area contributed by atoms with E-state index >= 15 is 0 Å². The molecule has 1 heterocycles. The summed E-state index contributed by atoms with van der Waals surface area (Å²) in [7, 11) is 0. The average Bonchev–Trinajstić information content (AvgIpc) is 2.98. The molecule has 1 saturated heterocycles. The van der Waals surface area contributed by atoms with Crippen LogP contribution in [0.15, 0.2) is 24.3 Å². The largest absolute Gasteiger partial charge is 0.462 e. The molecule has 2 rings (SSSR count). The van der Waals surface area contributed by atoms with Crippen molar-refractivity contribution in [3.05, 3.63) is 29.8 Å². The number of carbonyl (C=O) groups is 2. The summed E-state index contributed by atoms with van der Waals surface area (Å²) in [5.41, 5.74) is 1.19. The minimum Gasteiger partial charge on any atom is -0.462 e. The van der Waals surface area contributed by atoms with Crippen molar-refractivity contribution in [3.8, 4) is 0 Å². The van der Waals surface area contributed by atoms with Gasteiger partial charge in [0.1, 0.15) is 0 Å². The quantitative estimate of drug-likeness (QED) is 0.781. The maximum absolute atomic E-state index is 11.9. The third kappa shape index (κ3) is 6.59. The van der Waals surface area contributed by atoms with Gasteiger partial charge in [-0.1, -0.05) is 13.8 Å². The molecule has 0 radical (unpaired) electrons. The molecule has 0 bridgehead atoms. The van der Waals surface area contributed by atoms with E-state index < -0.39 is 0 Å². The second-order valence-corrected chi connectivity index (χ2v) is 6.12. The zero-order valence-electron chi connectivity index (χ0n) is 13.6. The number of benzene rings is 1. The van der Waals surface area contributed by atoms with Crippen molar-refractivity contribution >= 4 is 30.0 Å². The molecule has 0 aliphatic carbocycles. The molecular weight excluding hydrogens is 316 g/mol. The maximum Gasteiger partial charge on any atom is 0.338 e. The van der Waals surface area contributed by atoms with Crippen molar-refractivity contribution in [2.24, 2.45) is 5.92 Å². The first-order chi connectivity index (χ1) is 10.5. The zero-order chi connectivity index (χ0) is 15.9. The predicted octanol–water partition coefficient (Wildman–Crippen LogP) is 3.00. The molecule has 1 aliphatic heterocycles. The Hall–Kier alpha value is -1.59. The Labute approximate surface area is 143 Å². The summed E-state index contributed by atoms with van der Waals surface area (Å²) in [5, 5.41) is 6.15. The Morgan fingerprint density at radius 2 is 2.00 bits per heavy atom. The molecular formula is C17H25ClN2O3. The van der Waals surface area contributed by atoms with E-state index in [4.69, 9.17) is 4.74 Å². The Morgan fingerprint density at radius 3 is 2.57 bits per heavy atom. The highest BCUT2D eigenvalue weighted by Crippen LogP contribution is 2.13. The minimum absolute atomic E-state index is 0. The summed E-state index contributed by atoms with van der Waals surface area (Å²) in [6, 6.07) is 7.08. The van der Waals surface area contributed by atoms with E-state index in [0.717, 1.165) is 19.4 Å². The number of halogens is 1. The number of rotatable bonds is 6. The number of anilines is 1. The molecule has 0 aromatic heterocycles. The summed E-state index contributed by atoms with van der Waals surface area (Å²) in [4.78, 5) is 23.7. The van der Waals surface area contributed by atoms with Crippen molar-refractivity contribution in [2.75, 3.05) is 18.5 Å². The lowest BCUT2D eigenvalue weighted by Gasteiger charge is -2.11. The lowest BCUT2D eigenvalue weighted by atomic mass is 10.1. The number of nitrogens with one attached hydrogen (secondary N) is 2. The van der Waals surface area contributed by atoms with Crippen molar-refractivity contribution in [1.29, 1.82) is 0 Å². The molecule has 0 spiro atoms. The third-order valence-corrected chi connectivity index (χ3v) is 3.55. The molecule has 1 aliphatic rings. The summed E-state index contributed by atoms with van der Waals surface area (Å²) in [6.07, 6.45) is 2.66. The molecule has 1 aromatic rings. The zero-order valence-corrected chi connectivity index (χ0v) is 14.4. The molecule has 1 aromatic carbocycles. The number of ether oxygens (including phenoxy) is 1. The van der Waals surface area contributed by atoms with Crippen LogP contribution >= 0.6 is 12.4 Å². The van der Waals surface area contributed by atoms with Gasteiger partial charge in [0.2, 0.25) is 5.91 Å². The van der Waals surface area contributed by atoms with E-state index in [0.29, 0.717) is 30.2 Å².